The molecule has 0 saturated carbocycles. The zero-order chi connectivity index (χ0) is 21.8. The van der Waals surface area contributed by atoms with E-state index in [0.29, 0.717) is 33.8 Å². The number of rotatable bonds is 8. The van der Waals surface area contributed by atoms with Crippen molar-refractivity contribution in [2.45, 2.75) is 24.8 Å². The first-order valence-corrected chi connectivity index (χ1v) is 11.5. The highest BCUT2D eigenvalue weighted by atomic mass is 32.2. The normalized spacial score (nSPS) is 12.0. The molecule has 0 bridgehead atoms. The van der Waals surface area contributed by atoms with Gasteiger partial charge in [-0.2, -0.15) is 0 Å². The van der Waals surface area contributed by atoms with E-state index in [1.54, 1.807) is 23.8 Å². The van der Waals surface area contributed by atoms with Gasteiger partial charge in [-0.25, -0.2) is 0 Å². The zero-order valence-corrected chi connectivity index (χ0v) is 18.8. The van der Waals surface area contributed by atoms with E-state index in [1.165, 1.54) is 14.2 Å². The Labute approximate surface area is 179 Å². The quantitative estimate of drug-likeness (QED) is 0.514. The molecule has 160 valence electrons. The molecule has 6 nitrogen and oxygen atoms in total. The van der Waals surface area contributed by atoms with Gasteiger partial charge >= 0.3 is 5.56 Å². The standard InChI is InChI=1S/C23H27NO5S/c1-6-11-30(5)22-21(25)17-12-19(28-3)20(29-4)13-18(17)24(23(22)26)14-15-7-9-16(27-2)10-8-15/h7-10,12-13H,6,11,14H2,1-5H3. The molecule has 2 aromatic carbocycles. The molecule has 1 aromatic heterocycles. The number of aromatic nitrogens is 1. The molecule has 1 atom stereocenters. The number of hydrogen-bond donors (Lipinski definition) is 0. The maximum Gasteiger partial charge on any atom is 0.306 e. The van der Waals surface area contributed by atoms with Crippen molar-refractivity contribution in [3.8, 4) is 23.0 Å². The summed E-state index contributed by atoms with van der Waals surface area (Å²) in [6.07, 6.45) is 2.87. The minimum Gasteiger partial charge on any atom is -0.868 e. The van der Waals surface area contributed by atoms with Crippen LogP contribution in [0.5, 0.6) is 23.0 Å². The van der Waals surface area contributed by atoms with E-state index in [9.17, 15) is 9.90 Å². The van der Waals surface area contributed by atoms with Gasteiger partial charge in [-0.05, 0) is 41.3 Å². The van der Waals surface area contributed by atoms with Gasteiger partial charge in [0.15, 0.2) is 11.5 Å². The second-order valence-electron chi connectivity index (χ2n) is 6.96. The molecule has 0 fully saturated rings. The summed E-state index contributed by atoms with van der Waals surface area (Å²) < 4.78 is 17.7. The summed E-state index contributed by atoms with van der Waals surface area (Å²) in [6.45, 7) is 2.39. The first-order valence-electron chi connectivity index (χ1n) is 9.70. The maximum atomic E-state index is 13.5. The van der Waals surface area contributed by atoms with Crippen LogP contribution in [0.2, 0.25) is 0 Å². The average Bonchev–Trinajstić information content (AvgIpc) is 2.76. The molecule has 0 spiro atoms. The monoisotopic (exact) mass is 429 g/mol. The molecule has 1 unspecified atom stereocenters. The molecule has 0 radical (unpaired) electrons. The molecular formula is C23H27NO5S. The Morgan fingerprint density at radius 3 is 2.20 bits per heavy atom. The van der Waals surface area contributed by atoms with E-state index < -0.39 is 10.9 Å². The van der Waals surface area contributed by atoms with Gasteiger partial charge in [-0.3, -0.25) is 9.36 Å². The summed E-state index contributed by atoms with van der Waals surface area (Å²) in [7, 11) is 4.24. The van der Waals surface area contributed by atoms with E-state index in [0.717, 1.165) is 23.5 Å². The van der Waals surface area contributed by atoms with Crippen molar-refractivity contribution < 1.29 is 19.3 Å². The van der Waals surface area contributed by atoms with Crippen molar-refractivity contribution >= 4 is 21.8 Å². The third-order valence-electron chi connectivity index (χ3n) is 5.04. The smallest absolute Gasteiger partial charge is 0.306 e. The molecule has 3 aromatic rings. The van der Waals surface area contributed by atoms with Crippen molar-refractivity contribution in [3.63, 3.8) is 0 Å². The van der Waals surface area contributed by atoms with Crippen molar-refractivity contribution in [2.24, 2.45) is 0 Å². The van der Waals surface area contributed by atoms with Crippen molar-refractivity contribution in [3.05, 3.63) is 52.3 Å². The Bertz CT molecular complexity index is 1090. The second-order valence-corrected chi connectivity index (χ2v) is 9.05. The molecule has 7 heteroatoms. The highest BCUT2D eigenvalue weighted by Crippen LogP contribution is 2.37. The first-order chi connectivity index (χ1) is 14.4. The topological polar surface area (TPSA) is 72.8 Å². The van der Waals surface area contributed by atoms with Gasteiger partial charge in [0.2, 0.25) is 4.90 Å². The largest absolute Gasteiger partial charge is 0.868 e. The Hall–Kier alpha value is -2.80. The number of pyridine rings is 1. The molecule has 0 saturated heterocycles. The van der Waals surface area contributed by atoms with Crippen LogP contribution in [0.15, 0.2) is 46.1 Å². The van der Waals surface area contributed by atoms with Crippen LogP contribution in [-0.4, -0.2) is 37.9 Å². The summed E-state index contributed by atoms with van der Waals surface area (Å²) in [4.78, 5) is 13.8. The number of benzene rings is 2. The van der Waals surface area contributed by atoms with E-state index in [2.05, 4.69) is 6.92 Å². The van der Waals surface area contributed by atoms with E-state index in [4.69, 9.17) is 14.2 Å². The lowest BCUT2D eigenvalue weighted by atomic mass is 10.1. The summed E-state index contributed by atoms with van der Waals surface area (Å²) in [6, 6.07) is 10.9. The lowest BCUT2D eigenvalue weighted by molar-refractivity contribution is -0.270. The SMILES string of the molecule is CCC[S+](C)c1c([O-])c2cc(OC)c(OC)cc2n(Cc2ccc(OC)cc2)c1=O. The summed E-state index contributed by atoms with van der Waals surface area (Å²) in [5.74, 6) is 2.27. The summed E-state index contributed by atoms with van der Waals surface area (Å²) >= 11 is 0. The van der Waals surface area contributed by atoms with Crippen LogP contribution in [0.3, 0.4) is 0 Å². The molecule has 0 amide bonds. The summed E-state index contributed by atoms with van der Waals surface area (Å²) in [5, 5.41) is 13.8. The Balaban J connectivity index is 2.29. The molecule has 3 rings (SSSR count). The molecular weight excluding hydrogens is 402 g/mol. The highest BCUT2D eigenvalue weighted by Gasteiger charge is 2.25. The molecule has 30 heavy (non-hydrogen) atoms. The Kier molecular flexibility index (Phi) is 6.82. The average molecular weight is 430 g/mol. The van der Waals surface area contributed by atoms with Crippen molar-refractivity contribution in [1.29, 1.82) is 0 Å². The van der Waals surface area contributed by atoms with Gasteiger partial charge in [0.25, 0.3) is 0 Å². The van der Waals surface area contributed by atoms with Crippen molar-refractivity contribution in [1.82, 2.24) is 4.57 Å². The van der Waals surface area contributed by atoms with Crippen LogP contribution in [-0.2, 0) is 17.4 Å². The minimum atomic E-state index is -0.440. The fraction of sp³-hybridized carbons (Fsp3) is 0.348. The molecule has 0 aliphatic heterocycles. The van der Waals surface area contributed by atoms with Crippen LogP contribution in [0.25, 0.3) is 10.9 Å². The van der Waals surface area contributed by atoms with Crippen LogP contribution < -0.4 is 24.9 Å². The third kappa shape index (κ3) is 4.07. The number of ether oxygens (including phenoxy) is 3. The van der Waals surface area contributed by atoms with Crippen molar-refractivity contribution in [2.75, 3.05) is 33.3 Å². The van der Waals surface area contributed by atoms with E-state index in [1.807, 2.05) is 30.5 Å². The van der Waals surface area contributed by atoms with Gasteiger partial charge in [-0.1, -0.05) is 19.1 Å². The fourth-order valence-corrected chi connectivity index (χ4v) is 5.16. The minimum absolute atomic E-state index is 0.221. The second kappa shape index (κ2) is 9.34. The Morgan fingerprint density at radius 2 is 1.63 bits per heavy atom. The van der Waals surface area contributed by atoms with E-state index >= 15 is 0 Å². The van der Waals surface area contributed by atoms with Crippen LogP contribution in [0.1, 0.15) is 18.9 Å². The predicted octanol–water partition coefficient (Wildman–Crippen LogP) is 3.17. The molecule has 0 N–H and O–H groups in total. The first kappa shape index (κ1) is 21.9. The fourth-order valence-electron chi connectivity index (χ4n) is 3.51. The zero-order valence-electron chi connectivity index (χ0n) is 18.0. The third-order valence-corrected chi connectivity index (χ3v) is 7.12. The highest BCUT2D eigenvalue weighted by molar-refractivity contribution is 7.96. The van der Waals surface area contributed by atoms with Crippen LogP contribution in [0, 0.1) is 0 Å². The number of hydrogen-bond acceptors (Lipinski definition) is 5. The number of methoxy groups -OCH3 is 3. The lowest BCUT2D eigenvalue weighted by Gasteiger charge is -2.21. The maximum absolute atomic E-state index is 13.5. The Morgan fingerprint density at radius 1 is 1.00 bits per heavy atom. The number of nitrogens with zero attached hydrogens (tertiary/aromatic N) is 1. The van der Waals surface area contributed by atoms with Gasteiger partial charge in [-0.15, -0.1) is 0 Å². The number of fused-ring (bicyclic) bond motifs is 1. The van der Waals surface area contributed by atoms with Gasteiger partial charge in [0, 0.05) is 17.0 Å². The predicted molar refractivity (Wildman–Crippen MR) is 120 cm³/mol. The van der Waals surface area contributed by atoms with Gasteiger partial charge < -0.3 is 19.3 Å². The summed E-state index contributed by atoms with van der Waals surface area (Å²) in [5.41, 5.74) is 1.23. The van der Waals surface area contributed by atoms with Crippen LogP contribution in [0.4, 0.5) is 0 Å². The molecule has 0 aliphatic carbocycles. The van der Waals surface area contributed by atoms with Crippen LogP contribution >= 0.6 is 0 Å². The van der Waals surface area contributed by atoms with Gasteiger partial charge in [0.05, 0.1) is 33.4 Å². The lowest BCUT2D eigenvalue weighted by Crippen LogP contribution is -2.29. The van der Waals surface area contributed by atoms with Gasteiger partial charge in [0.1, 0.15) is 17.8 Å². The van der Waals surface area contributed by atoms with E-state index in [-0.39, 0.29) is 11.3 Å². The molecule has 0 aliphatic rings. The molecule has 1 heterocycles.